The second kappa shape index (κ2) is 10.8. The molecule has 0 bridgehead atoms. The van der Waals surface area contributed by atoms with Crippen molar-refractivity contribution in [1.29, 1.82) is 0 Å². The maximum Gasteiger partial charge on any atom is 0.335 e. The standard InChI is InChI=1S/C32H25N5O3/c1-2-19-40-27-14-9-22(10-15-27)21-3-5-23(6-4-21)31-35-30(25-11-16-28-29(20-25)34-18-17-33-28)36-37(31)26-12-7-24(8-13-26)32(38)39/h3-18,20H,2,19H2,1H3,(H,38,39). The third kappa shape index (κ3) is 5.02. The SMILES string of the molecule is CCCOc1ccc(-c2ccc(-c3nc(-c4ccc5nccnc5c4)nn3-c3ccc(C(=O)O)cc3)cc2)cc1. The predicted molar refractivity (Wildman–Crippen MR) is 154 cm³/mol. The molecule has 0 saturated carbocycles. The number of fused-ring (bicyclic) bond motifs is 1. The molecule has 2 heterocycles. The van der Waals surface area contributed by atoms with E-state index in [4.69, 9.17) is 14.8 Å². The third-order valence-corrected chi connectivity index (χ3v) is 6.50. The molecule has 8 heteroatoms. The second-order valence-corrected chi connectivity index (χ2v) is 9.23. The summed E-state index contributed by atoms with van der Waals surface area (Å²) in [6, 6.07) is 28.5. The van der Waals surface area contributed by atoms with Gasteiger partial charge in [0, 0.05) is 23.5 Å². The maximum absolute atomic E-state index is 11.4. The molecule has 6 rings (SSSR count). The van der Waals surface area contributed by atoms with Crippen molar-refractivity contribution in [3.63, 3.8) is 0 Å². The molecule has 8 nitrogen and oxygen atoms in total. The molecule has 0 aliphatic rings. The van der Waals surface area contributed by atoms with Gasteiger partial charge in [-0.1, -0.05) is 43.3 Å². The van der Waals surface area contributed by atoms with Gasteiger partial charge in [0.05, 0.1) is 28.9 Å². The third-order valence-electron chi connectivity index (χ3n) is 6.50. The van der Waals surface area contributed by atoms with Crippen LogP contribution in [0.4, 0.5) is 0 Å². The number of carbonyl (C=O) groups is 1. The van der Waals surface area contributed by atoms with Crippen molar-refractivity contribution >= 4 is 17.0 Å². The highest BCUT2D eigenvalue weighted by Crippen LogP contribution is 2.29. The Hall–Kier alpha value is -5.37. The first-order chi connectivity index (χ1) is 19.6. The fourth-order valence-electron chi connectivity index (χ4n) is 4.42. The fourth-order valence-corrected chi connectivity index (χ4v) is 4.42. The molecule has 1 N–H and O–H groups in total. The minimum absolute atomic E-state index is 0.203. The normalized spacial score (nSPS) is 11.0. The average Bonchev–Trinajstić information content (AvgIpc) is 3.46. The molecule has 0 saturated heterocycles. The summed E-state index contributed by atoms with van der Waals surface area (Å²) in [5.74, 6) is 1.03. The van der Waals surface area contributed by atoms with E-state index in [2.05, 4.69) is 29.0 Å². The number of nitrogens with zero attached hydrogens (tertiary/aromatic N) is 5. The topological polar surface area (TPSA) is 103 Å². The Morgan fingerprint density at radius 1 is 0.775 bits per heavy atom. The summed E-state index contributed by atoms with van der Waals surface area (Å²) in [4.78, 5) is 25.1. The van der Waals surface area contributed by atoms with Crippen LogP contribution in [0.15, 0.2) is 103 Å². The predicted octanol–water partition coefficient (Wildman–Crippen LogP) is 6.70. The van der Waals surface area contributed by atoms with Gasteiger partial charge in [-0.2, -0.15) is 0 Å². The molecule has 40 heavy (non-hydrogen) atoms. The molecule has 4 aromatic carbocycles. The average molecular weight is 528 g/mol. The summed E-state index contributed by atoms with van der Waals surface area (Å²) in [5.41, 5.74) is 6.26. The van der Waals surface area contributed by atoms with E-state index in [1.165, 1.54) is 0 Å². The van der Waals surface area contributed by atoms with Crippen molar-refractivity contribution in [1.82, 2.24) is 24.7 Å². The molecule has 0 aliphatic carbocycles. The van der Waals surface area contributed by atoms with E-state index in [-0.39, 0.29) is 5.56 Å². The highest BCUT2D eigenvalue weighted by Gasteiger charge is 2.17. The van der Waals surface area contributed by atoms with Crippen molar-refractivity contribution in [2.24, 2.45) is 0 Å². The summed E-state index contributed by atoms with van der Waals surface area (Å²) < 4.78 is 7.44. The molecule has 0 amide bonds. The Bertz CT molecular complexity index is 1790. The molecule has 0 fully saturated rings. The van der Waals surface area contributed by atoms with Gasteiger partial charge < -0.3 is 9.84 Å². The van der Waals surface area contributed by atoms with Gasteiger partial charge in [0.25, 0.3) is 0 Å². The van der Waals surface area contributed by atoms with Crippen molar-refractivity contribution < 1.29 is 14.6 Å². The van der Waals surface area contributed by atoms with Crippen molar-refractivity contribution in [3.05, 3.63) is 109 Å². The van der Waals surface area contributed by atoms with Crippen molar-refractivity contribution in [2.75, 3.05) is 6.61 Å². The van der Waals surface area contributed by atoms with E-state index in [1.54, 1.807) is 41.3 Å². The number of carboxylic acids is 1. The summed E-state index contributed by atoms with van der Waals surface area (Å²) in [6.07, 6.45) is 4.28. The summed E-state index contributed by atoms with van der Waals surface area (Å²) >= 11 is 0. The minimum Gasteiger partial charge on any atom is -0.494 e. The van der Waals surface area contributed by atoms with Crippen LogP contribution in [0.2, 0.25) is 0 Å². The fraction of sp³-hybridized carbons (Fsp3) is 0.0938. The Labute approximate surface area is 230 Å². The number of ether oxygens (including phenoxy) is 1. The Morgan fingerprint density at radius 2 is 1.40 bits per heavy atom. The summed E-state index contributed by atoms with van der Waals surface area (Å²) in [6.45, 7) is 2.78. The number of aromatic carboxylic acids is 1. The van der Waals surface area contributed by atoms with Crippen LogP contribution < -0.4 is 4.74 Å². The molecule has 0 unspecified atom stereocenters. The molecule has 0 radical (unpaired) electrons. The summed E-state index contributed by atoms with van der Waals surface area (Å²) in [5, 5.41) is 14.2. The van der Waals surface area contributed by atoms with Gasteiger partial charge in [-0.25, -0.2) is 14.5 Å². The zero-order valence-corrected chi connectivity index (χ0v) is 21.7. The van der Waals surface area contributed by atoms with E-state index < -0.39 is 5.97 Å². The van der Waals surface area contributed by atoms with Gasteiger partial charge in [-0.05, 0) is 72.1 Å². The van der Waals surface area contributed by atoms with Crippen LogP contribution in [-0.2, 0) is 0 Å². The number of benzene rings is 4. The Balaban J connectivity index is 1.39. The van der Waals surface area contributed by atoms with Crippen LogP contribution in [0.1, 0.15) is 23.7 Å². The van der Waals surface area contributed by atoms with Crippen molar-refractivity contribution in [3.8, 4) is 45.3 Å². The number of rotatable bonds is 8. The summed E-state index contributed by atoms with van der Waals surface area (Å²) in [7, 11) is 0. The van der Waals surface area contributed by atoms with Crippen LogP contribution in [0.3, 0.4) is 0 Å². The van der Waals surface area contributed by atoms with Gasteiger partial charge in [0.1, 0.15) is 5.75 Å². The lowest BCUT2D eigenvalue weighted by Crippen LogP contribution is -2.02. The first-order valence-corrected chi connectivity index (χ1v) is 12.9. The monoisotopic (exact) mass is 527 g/mol. The molecule has 0 spiro atoms. The van der Waals surface area contributed by atoms with Gasteiger partial charge in [0.15, 0.2) is 11.6 Å². The lowest BCUT2D eigenvalue weighted by Gasteiger charge is -2.09. The van der Waals surface area contributed by atoms with E-state index >= 15 is 0 Å². The van der Waals surface area contributed by atoms with Crippen molar-refractivity contribution in [2.45, 2.75) is 13.3 Å². The first-order valence-electron chi connectivity index (χ1n) is 12.9. The molecule has 0 aliphatic heterocycles. The minimum atomic E-state index is -0.983. The maximum atomic E-state index is 11.4. The first kappa shape index (κ1) is 24.9. The highest BCUT2D eigenvalue weighted by atomic mass is 16.5. The molecule has 0 atom stereocenters. The van der Waals surface area contributed by atoms with Crippen LogP contribution in [0.25, 0.3) is 50.6 Å². The zero-order valence-electron chi connectivity index (χ0n) is 21.7. The van der Waals surface area contributed by atoms with E-state index in [0.29, 0.717) is 23.9 Å². The molecule has 2 aromatic heterocycles. The van der Waals surface area contributed by atoms with E-state index in [9.17, 15) is 9.90 Å². The lowest BCUT2D eigenvalue weighted by molar-refractivity contribution is 0.0697. The molecular weight excluding hydrogens is 502 g/mol. The van der Waals surface area contributed by atoms with E-state index in [0.717, 1.165) is 45.5 Å². The lowest BCUT2D eigenvalue weighted by atomic mass is 10.0. The largest absolute Gasteiger partial charge is 0.494 e. The zero-order chi connectivity index (χ0) is 27.5. The quantitative estimate of drug-likeness (QED) is 0.235. The van der Waals surface area contributed by atoms with Gasteiger partial charge in [-0.3, -0.25) is 9.97 Å². The molecule has 6 aromatic rings. The number of aromatic nitrogens is 5. The highest BCUT2D eigenvalue weighted by molar-refractivity contribution is 5.87. The second-order valence-electron chi connectivity index (χ2n) is 9.23. The van der Waals surface area contributed by atoms with E-state index in [1.807, 2.05) is 54.6 Å². The number of hydrogen-bond acceptors (Lipinski definition) is 6. The Kier molecular flexibility index (Phi) is 6.72. The van der Waals surface area contributed by atoms with Gasteiger partial charge in [0.2, 0.25) is 0 Å². The molecule has 196 valence electrons. The Morgan fingerprint density at radius 3 is 2.08 bits per heavy atom. The number of hydrogen-bond donors (Lipinski definition) is 1. The van der Waals surface area contributed by atoms with Crippen LogP contribution >= 0.6 is 0 Å². The smallest absolute Gasteiger partial charge is 0.335 e. The number of carboxylic acid groups (broad SMARTS) is 1. The van der Waals surface area contributed by atoms with Crippen LogP contribution in [0, 0.1) is 0 Å². The van der Waals surface area contributed by atoms with Crippen LogP contribution in [0.5, 0.6) is 5.75 Å². The van der Waals surface area contributed by atoms with Gasteiger partial charge in [-0.15, -0.1) is 5.10 Å². The molecular formula is C32H25N5O3. The van der Waals surface area contributed by atoms with Crippen LogP contribution in [-0.4, -0.2) is 42.4 Å². The van der Waals surface area contributed by atoms with Gasteiger partial charge >= 0.3 is 5.97 Å².